The van der Waals surface area contributed by atoms with Crippen molar-refractivity contribution in [2.75, 3.05) is 26.2 Å². The van der Waals surface area contributed by atoms with E-state index >= 15 is 0 Å². The van der Waals surface area contributed by atoms with E-state index in [-0.39, 0.29) is 12.5 Å². The van der Waals surface area contributed by atoms with Gasteiger partial charge < -0.3 is 15.3 Å². The first-order valence-electron chi connectivity index (χ1n) is 6.40. The molecule has 0 aromatic rings. The smallest absolute Gasteiger partial charge is 0.236 e. The Morgan fingerprint density at radius 1 is 1.44 bits per heavy atom. The maximum absolute atomic E-state index is 11.8. The zero-order valence-corrected chi connectivity index (χ0v) is 10.2. The number of carbonyl (C=O) groups is 1. The van der Waals surface area contributed by atoms with Crippen molar-refractivity contribution in [1.29, 1.82) is 0 Å². The first kappa shape index (κ1) is 13.5. The molecule has 1 saturated carbocycles. The van der Waals surface area contributed by atoms with E-state index in [1.54, 1.807) is 4.90 Å². The number of rotatable bonds is 7. The summed E-state index contributed by atoms with van der Waals surface area (Å²) in [5.41, 5.74) is 0. The standard InChI is InChI=1S/C12H24N2O2/c1-2-14(8-5-9-15)12(16)10-13-11-6-3-4-7-11/h11,13,15H,2-10H2,1H3. The van der Waals surface area contributed by atoms with Gasteiger partial charge in [0, 0.05) is 25.7 Å². The molecule has 2 N–H and O–H groups in total. The Kier molecular flexibility index (Phi) is 6.42. The number of aliphatic hydroxyl groups excluding tert-OH is 1. The molecule has 1 fully saturated rings. The number of hydrogen-bond acceptors (Lipinski definition) is 3. The van der Waals surface area contributed by atoms with Crippen LogP contribution in [0.1, 0.15) is 39.0 Å². The monoisotopic (exact) mass is 228 g/mol. The summed E-state index contributed by atoms with van der Waals surface area (Å²) in [7, 11) is 0. The minimum Gasteiger partial charge on any atom is -0.396 e. The number of hydrogen-bond donors (Lipinski definition) is 2. The third-order valence-electron chi connectivity index (χ3n) is 3.22. The first-order chi connectivity index (χ1) is 7.77. The van der Waals surface area contributed by atoms with Gasteiger partial charge in [-0.25, -0.2) is 0 Å². The minimum atomic E-state index is 0.153. The molecule has 4 heteroatoms. The lowest BCUT2D eigenvalue weighted by Gasteiger charge is -2.21. The average molecular weight is 228 g/mol. The van der Waals surface area contributed by atoms with Crippen LogP contribution in [0.4, 0.5) is 0 Å². The van der Waals surface area contributed by atoms with Crippen molar-refractivity contribution in [3.05, 3.63) is 0 Å². The van der Waals surface area contributed by atoms with Gasteiger partial charge in [-0.2, -0.15) is 0 Å². The van der Waals surface area contributed by atoms with Crippen molar-refractivity contribution >= 4 is 5.91 Å². The van der Waals surface area contributed by atoms with Crippen molar-refractivity contribution in [3.63, 3.8) is 0 Å². The summed E-state index contributed by atoms with van der Waals surface area (Å²) >= 11 is 0. The quantitative estimate of drug-likeness (QED) is 0.676. The Balaban J connectivity index is 2.19. The van der Waals surface area contributed by atoms with Gasteiger partial charge in [-0.1, -0.05) is 12.8 Å². The van der Waals surface area contributed by atoms with E-state index in [1.165, 1.54) is 25.7 Å². The highest BCUT2D eigenvalue weighted by atomic mass is 16.3. The maximum Gasteiger partial charge on any atom is 0.236 e. The van der Waals surface area contributed by atoms with Gasteiger partial charge in [0.25, 0.3) is 0 Å². The lowest BCUT2D eigenvalue weighted by atomic mass is 10.2. The van der Waals surface area contributed by atoms with Crippen LogP contribution >= 0.6 is 0 Å². The van der Waals surface area contributed by atoms with Crippen LogP contribution in [0.5, 0.6) is 0 Å². The Hall–Kier alpha value is -0.610. The second-order valence-corrected chi connectivity index (χ2v) is 4.41. The van der Waals surface area contributed by atoms with Gasteiger partial charge in [0.15, 0.2) is 0 Å². The van der Waals surface area contributed by atoms with Gasteiger partial charge in [0.1, 0.15) is 0 Å². The van der Waals surface area contributed by atoms with E-state index < -0.39 is 0 Å². The number of carbonyl (C=O) groups excluding carboxylic acids is 1. The summed E-state index contributed by atoms with van der Waals surface area (Å²) < 4.78 is 0. The molecule has 1 aliphatic carbocycles. The van der Waals surface area contributed by atoms with E-state index in [4.69, 9.17) is 5.11 Å². The molecule has 0 heterocycles. The van der Waals surface area contributed by atoms with Gasteiger partial charge in [0.2, 0.25) is 5.91 Å². The fourth-order valence-corrected chi connectivity index (χ4v) is 2.19. The predicted octanol–water partition coefficient (Wildman–Crippen LogP) is 0.749. The fraction of sp³-hybridized carbons (Fsp3) is 0.917. The summed E-state index contributed by atoms with van der Waals surface area (Å²) in [6, 6.07) is 0.542. The normalized spacial score (nSPS) is 16.6. The highest BCUT2D eigenvalue weighted by Crippen LogP contribution is 2.17. The first-order valence-corrected chi connectivity index (χ1v) is 6.40. The van der Waals surface area contributed by atoms with Crippen molar-refractivity contribution in [3.8, 4) is 0 Å². The summed E-state index contributed by atoms with van der Waals surface area (Å²) in [6.07, 6.45) is 5.65. The van der Waals surface area contributed by atoms with Crippen LogP contribution in [0.3, 0.4) is 0 Å². The van der Waals surface area contributed by atoms with E-state index in [0.717, 1.165) is 6.54 Å². The van der Waals surface area contributed by atoms with E-state index in [0.29, 0.717) is 25.6 Å². The number of nitrogens with one attached hydrogen (secondary N) is 1. The average Bonchev–Trinajstić information content (AvgIpc) is 2.80. The molecule has 0 aromatic heterocycles. The van der Waals surface area contributed by atoms with Crippen LogP contribution < -0.4 is 5.32 Å². The molecule has 1 amide bonds. The molecular weight excluding hydrogens is 204 g/mol. The molecule has 0 unspecified atom stereocenters. The Bertz CT molecular complexity index is 203. The van der Waals surface area contributed by atoms with Crippen molar-refractivity contribution in [1.82, 2.24) is 10.2 Å². The van der Waals surface area contributed by atoms with Crippen LogP contribution in [0.25, 0.3) is 0 Å². The van der Waals surface area contributed by atoms with Crippen molar-refractivity contribution < 1.29 is 9.90 Å². The second kappa shape index (κ2) is 7.63. The molecular formula is C12H24N2O2. The summed E-state index contributed by atoms with van der Waals surface area (Å²) in [4.78, 5) is 13.6. The summed E-state index contributed by atoms with van der Waals surface area (Å²) in [5, 5.41) is 12.1. The van der Waals surface area contributed by atoms with E-state index in [9.17, 15) is 4.79 Å². The minimum absolute atomic E-state index is 0.153. The van der Waals surface area contributed by atoms with Crippen LogP contribution in [-0.4, -0.2) is 48.2 Å². The van der Waals surface area contributed by atoms with Gasteiger partial charge in [0.05, 0.1) is 6.54 Å². The molecule has 1 aliphatic rings. The van der Waals surface area contributed by atoms with Crippen LogP contribution in [-0.2, 0) is 4.79 Å². The highest BCUT2D eigenvalue weighted by Gasteiger charge is 2.17. The largest absolute Gasteiger partial charge is 0.396 e. The van der Waals surface area contributed by atoms with Gasteiger partial charge in [-0.05, 0) is 26.2 Å². The van der Waals surface area contributed by atoms with Crippen molar-refractivity contribution in [2.45, 2.75) is 45.1 Å². The fourth-order valence-electron chi connectivity index (χ4n) is 2.19. The van der Waals surface area contributed by atoms with Gasteiger partial charge in [-0.15, -0.1) is 0 Å². The second-order valence-electron chi connectivity index (χ2n) is 4.41. The van der Waals surface area contributed by atoms with Crippen LogP contribution in [0.15, 0.2) is 0 Å². The van der Waals surface area contributed by atoms with Gasteiger partial charge >= 0.3 is 0 Å². The molecule has 16 heavy (non-hydrogen) atoms. The SMILES string of the molecule is CCN(CCCO)C(=O)CNC1CCCC1. The number of amides is 1. The summed E-state index contributed by atoms with van der Waals surface area (Å²) in [6.45, 7) is 3.97. The molecule has 0 atom stereocenters. The molecule has 4 nitrogen and oxygen atoms in total. The molecule has 0 radical (unpaired) electrons. The van der Waals surface area contributed by atoms with Gasteiger partial charge in [-0.3, -0.25) is 4.79 Å². The Labute approximate surface area is 98.0 Å². The highest BCUT2D eigenvalue weighted by molar-refractivity contribution is 5.78. The maximum atomic E-state index is 11.8. The lowest BCUT2D eigenvalue weighted by Crippen LogP contribution is -2.41. The molecule has 94 valence electrons. The zero-order chi connectivity index (χ0) is 11.8. The molecule has 1 rings (SSSR count). The zero-order valence-electron chi connectivity index (χ0n) is 10.2. The van der Waals surface area contributed by atoms with E-state index in [2.05, 4.69) is 5.32 Å². The third kappa shape index (κ3) is 4.49. The van der Waals surface area contributed by atoms with Crippen molar-refractivity contribution in [2.24, 2.45) is 0 Å². The molecule has 0 spiro atoms. The topological polar surface area (TPSA) is 52.6 Å². The Morgan fingerprint density at radius 2 is 2.12 bits per heavy atom. The lowest BCUT2D eigenvalue weighted by molar-refractivity contribution is -0.130. The Morgan fingerprint density at radius 3 is 2.69 bits per heavy atom. The predicted molar refractivity (Wildman–Crippen MR) is 64.2 cm³/mol. The van der Waals surface area contributed by atoms with Crippen LogP contribution in [0, 0.1) is 0 Å². The number of likely N-dealkylation sites (N-methyl/N-ethyl adjacent to an activating group) is 1. The molecule has 0 aliphatic heterocycles. The number of nitrogens with zero attached hydrogens (tertiary/aromatic N) is 1. The van der Waals surface area contributed by atoms with E-state index in [1.807, 2.05) is 6.92 Å². The molecule has 0 saturated heterocycles. The van der Waals surface area contributed by atoms with Crippen LogP contribution in [0.2, 0.25) is 0 Å². The molecule has 0 aromatic carbocycles. The number of aliphatic hydroxyl groups is 1. The summed E-state index contributed by atoms with van der Waals surface area (Å²) in [5.74, 6) is 0.155. The third-order valence-corrected chi connectivity index (χ3v) is 3.22. The molecule has 0 bridgehead atoms.